The Labute approximate surface area is 211 Å². The van der Waals surface area contributed by atoms with Crippen LogP contribution in [0.1, 0.15) is 31.9 Å². The van der Waals surface area contributed by atoms with Crippen LogP contribution in [0.15, 0.2) is 66.9 Å². The minimum Gasteiger partial charge on any atom is -0.444 e. The van der Waals surface area contributed by atoms with Crippen molar-refractivity contribution in [1.29, 1.82) is 0 Å². The van der Waals surface area contributed by atoms with Crippen molar-refractivity contribution in [2.75, 3.05) is 24.2 Å². The summed E-state index contributed by atoms with van der Waals surface area (Å²) < 4.78 is 5.45. The third-order valence-electron chi connectivity index (χ3n) is 6.14. The Morgan fingerprint density at radius 3 is 2.61 bits per heavy atom. The summed E-state index contributed by atoms with van der Waals surface area (Å²) >= 11 is 0. The van der Waals surface area contributed by atoms with Crippen molar-refractivity contribution >= 4 is 34.3 Å². The van der Waals surface area contributed by atoms with Gasteiger partial charge < -0.3 is 15.0 Å². The van der Waals surface area contributed by atoms with E-state index in [0.717, 1.165) is 47.2 Å². The number of anilines is 3. The van der Waals surface area contributed by atoms with Crippen molar-refractivity contribution in [1.82, 2.24) is 14.9 Å². The van der Waals surface area contributed by atoms with Gasteiger partial charge in [-0.2, -0.15) is 0 Å². The molecule has 0 aliphatic carbocycles. The second kappa shape index (κ2) is 9.59. The van der Waals surface area contributed by atoms with Gasteiger partial charge in [-0.1, -0.05) is 42.5 Å². The third-order valence-corrected chi connectivity index (χ3v) is 6.14. The Balaban J connectivity index is 1.52. The van der Waals surface area contributed by atoms with Gasteiger partial charge in [-0.25, -0.2) is 14.8 Å². The van der Waals surface area contributed by atoms with Crippen molar-refractivity contribution in [3.8, 4) is 11.1 Å². The zero-order chi connectivity index (χ0) is 25.3. The lowest BCUT2D eigenvalue weighted by molar-refractivity contribution is 0.0636. The lowest BCUT2D eigenvalue weighted by Gasteiger charge is -2.25. The van der Waals surface area contributed by atoms with Gasteiger partial charge in [0.05, 0.1) is 11.2 Å². The highest BCUT2D eigenvalue weighted by molar-refractivity contribution is 6.04. The highest BCUT2D eigenvalue weighted by Crippen LogP contribution is 2.33. The van der Waals surface area contributed by atoms with E-state index in [0.29, 0.717) is 11.6 Å². The maximum absolute atomic E-state index is 12.5. The molecule has 3 aromatic carbocycles. The van der Waals surface area contributed by atoms with E-state index in [4.69, 9.17) is 9.72 Å². The number of rotatable bonds is 4. The van der Waals surface area contributed by atoms with Gasteiger partial charge in [0.25, 0.3) is 0 Å². The minimum absolute atomic E-state index is 0.498. The zero-order valence-electron chi connectivity index (χ0n) is 21.1. The molecule has 184 valence electrons. The first-order valence-electron chi connectivity index (χ1n) is 12.2. The summed E-state index contributed by atoms with van der Waals surface area (Å²) in [6.07, 6.45) is 2.29. The molecule has 0 fully saturated rings. The van der Waals surface area contributed by atoms with E-state index in [-0.39, 0.29) is 0 Å². The van der Waals surface area contributed by atoms with Gasteiger partial charge in [0.1, 0.15) is 5.60 Å². The Bertz CT molecular complexity index is 1410. The normalized spacial score (nSPS) is 13.8. The average molecular weight is 482 g/mol. The van der Waals surface area contributed by atoms with Crippen LogP contribution in [0.4, 0.5) is 22.1 Å². The molecule has 2 heterocycles. The van der Waals surface area contributed by atoms with Crippen molar-refractivity contribution < 1.29 is 9.53 Å². The number of carbonyl (C=O) groups is 1. The molecular formula is C29H31N5O2. The molecule has 0 bridgehead atoms. The molecule has 0 atom stereocenters. The minimum atomic E-state index is -0.596. The van der Waals surface area contributed by atoms with Gasteiger partial charge in [0, 0.05) is 35.9 Å². The second-order valence-corrected chi connectivity index (χ2v) is 10.2. The number of nitrogens with one attached hydrogen (secondary N) is 2. The lowest BCUT2D eigenvalue weighted by atomic mass is 9.99. The van der Waals surface area contributed by atoms with E-state index in [1.54, 1.807) is 6.20 Å². The standard InChI is InChI=1S/C29H31N5O2/c1-29(2,3)36-28(35)32-25-13-12-23(20-8-6-5-7-9-20)26-24(25)17-30-27(33-26)31-22-11-10-19-14-15-34(4)18-21(19)16-22/h5-13,16-17H,14-15,18H2,1-4H3,(H,32,35)(H,30,31,33). The molecule has 1 aliphatic heterocycles. The first kappa shape index (κ1) is 23.8. The van der Waals surface area contributed by atoms with E-state index >= 15 is 0 Å². The van der Waals surface area contributed by atoms with Crippen LogP contribution < -0.4 is 10.6 Å². The fraction of sp³-hybridized carbons (Fsp3) is 0.276. The van der Waals surface area contributed by atoms with E-state index in [1.807, 2.05) is 63.2 Å². The van der Waals surface area contributed by atoms with Crippen molar-refractivity contribution in [3.05, 3.63) is 78.0 Å². The van der Waals surface area contributed by atoms with Crippen LogP contribution in [0, 0.1) is 0 Å². The maximum Gasteiger partial charge on any atom is 0.412 e. The summed E-state index contributed by atoms with van der Waals surface area (Å²) in [6.45, 7) is 7.52. The summed E-state index contributed by atoms with van der Waals surface area (Å²) in [5.41, 5.74) is 6.40. The third kappa shape index (κ3) is 5.31. The largest absolute Gasteiger partial charge is 0.444 e. The second-order valence-electron chi connectivity index (χ2n) is 10.2. The first-order valence-corrected chi connectivity index (χ1v) is 12.2. The predicted molar refractivity (Wildman–Crippen MR) is 145 cm³/mol. The van der Waals surface area contributed by atoms with Gasteiger partial charge in [-0.15, -0.1) is 0 Å². The van der Waals surface area contributed by atoms with Crippen LogP contribution in [0.3, 0.4) is 0 Å². The Morgan fingerprint density at radius 1 is 1.03 bits per heavy atom. The molecule has 7 heteroatoms. The molecule has 7 nitrogen and oxygen atoms in total. The smallest absolute Gasteiger partial charge is 0.412 e. The molecule has 4 aromatic rings. The number of hydrogen-bond acceptors (Lipinski definition) is 6. The monoisotopic (exact) mass is 481 g/mol. The van der Waals surface area contributed by atoms with Crippen LogP contribution in [0.2, 0.25) is 0 Å². The number of nitrogens with zero attached hydrogens (tertiary/aromatic N) is 3. The van der Waals surface area contributed by atoms with Crippen LogP contribution in [0.25, 0.3) is 22.0 Å². The summed E-state index contributed by atoms with van der Waals surface area (Å²) in [4.78, 5) is 24.3. The number of fused-ring (bicyclic) bond motifs is 2. The summed E-state index contributed by atoms with van der Waals surface area (Å²) in [5, 5.41) is 6.98. The Hall–Kier alpha value is -3.97. The highest BCUT2D eigenvalue weighted by atomic mass is 16.6. The van der Waals surface area contributed by atoms with E-state index in [9.17, 15) is 4.79 Å². The number of ether oxygens (including phenoxy) is 1. The van der Waals surface area contributed by atoms with Crippen molar-refractivity contribution in [2.24, 2.45) is 0 Å². The molecule has 1 amide bonds. The molecule has 0 radical (unpaired) electrons. The number of carbonyl (C=O) groups excluding carboxylic acids is 1. The van der Waals surface area contributed by atoms with Crippen molar-refractivity contribution in [3.63, 3.8) is 0 Å². The SMILES string of the molecule is CN1CCc2ccc(Nc3ncc4c(NC(=O)OC(C)(C)C)ccc(-c5ccccc5)c4n3)cc2C1. The zero-order valence-corrected chi connectivity index (χ0v) is 21.1. The predicted octanol–water partition coefficient (Wildman–Crippen LogP) is 6.38. The molecule has 36 heavy (non-hydrogen) atoms. The van der Waals surface area contributed by atoms with Gasteiger partial charge >= 0.3 is 6.09 Å². The van der Waals surface area contributed by atoms with Gasteiger partial charge in [0.2, 0.25) is 5.95 Å². The Morgan fingerprint density at radius 2 is 1.83 bits per heavy atom. The molecule has 0 saturated heterocycles. The van der Waals surface area contributed by atoms with Crippen LogP contribution in [-0.4, -0.2) is 40.2 Å². The van der Waals surface area contributed by atoms with Gasteiger partial charge in [0.15, 0.2) is 0 Å². The van der Waals surface area contributed by atoms with Crippen LogP contribution >= 0.6 is 0 Å². The summed E-state index contributed by atoms with van der Waals surface area (Å²) in [7, 11) is 2.14. The maximum atomic E-state index is 12.5. The van der Waals surface area contributed by atoms with Crippen LogP contribution in [-0.2, 0) is 17.7 Å². The number of aromatic nitrogens is 2. The van der Waals surface area contributed by atoms with Crippen LogP contribution in [0.5, 0.6) is 0 Å². The Kier molecular flexibility index (Phi) is 6.33. The molecule has 1 aromatic heterocycles. The van der Waals surface area contributed by atoms with Gasteiger partial charge in [-0.3, -0.25) is 5.32 Å². The topological polar surface area (TPSA) is 79.4 Å². The van der Waals surface area contributed by atoms with Gasteiger partial charge in [-0.05, 0) is 69.1 Å². The molecule has 0 unspecified atom stereocenters. The average Bonchev–Trinajstić information content (AvgIpc) is 2.83. The number of hydrogen-bond donors (Lipinski definition) is 2. The molecule has 5 rings (SSSR count). The van der Waals surface area contributed by atoms with Crippen molar-refractivity contribution in [2.45, 2.75) is 39.3 Å². The fourth-order valence-corrected chi connectivity index (χ4v) is 4.46. The van der Waals surface area contributed by atoms with E-state index in [2.05, 4.69) is 45.8 Å². The first-order chi connectivity index (χ1) is 17.2. The molecule has 0 saturated carbocycles. The molecular weight excluding hydrogens is 450 g/mol. The summed E-state index contributed by atoms with van der Waals surface area (Å²) in [6, 6.07) is 20.4. The summed E-state index contributed by atoms with van der Waals surface area (Å²) in [5.74, 6) is 0.498. The number of amides is 1. The number of likely N-dealkylation sites (N-methyl/N-ethyl adjacent to an activating group) is 1. The molecule has 1 aliphatic rings. The molecule has 0 spiro atoms. The quantitative estimate of drug-likeness (QED) is 0.352. The van der Waals surface area contributed by atoms with E-state index < -0.39 is 11.7 Å². The van der Waals surface area contributed by atoms with E-state index in [1.165, 1.54) is 11.1 Å². The number of benzene rings is 3. The lowest BCUT2D eigenvalue weighted by Crippen LogP contribution is -2.27. The molecule has 2 N–H and O–H groups in total. The highest BCUT2D eigenvalue weighted by Gasteiger charge is 2.19. The fourth-order valence-electron chi connectivity index (χ4n) is 4.46.